The van der Waals surface area contributed by atoms with Crippen molar-refractivity contribution in [3.05, 3.63) is 29.8 Å². The van der Waals surface area contributed by atoms with Crippen LogP contribution in [0.1, 0.15) is 18.9 Å². The summed E-state index contributed by atoms with van der Waals surface area (Å²) in [5.74, 6) is 0.907. The summed E-state index contributed by atoms with van der Waals surface area (Å²) in [7, 11) is 3.69. The molecule has 3 heteroatoms. The van der Waals surface area contributed by atoms with Gasteiger partial charge in [0.1, 0.15) is 5.75 Å². The first-order valence-electron chi connectivity index (χ1n) is 6.18. The Hall–Kier alpha value is -1.06. The van der Waals surface area contributed by atoms with E-state index in [2.05, 4.69) is 17.4 Å². The summed E-state index contributed by atoms with van der Waals surface area (Å²) in [5, 5.41) is 3.33. The second-order valence-electron chi connectivity index (χ2n) is 4.02. The summed E-state index contributed by atoms with van der Waals surface area (Å²) in [4.78, 5) is 0. The van der Waals surface area contributed by atoms with E-state index in [1.54, 1.807) is 7.11 Å². The van der Waals surface area contributed by atoms with Gasteiger partial charge in [-0.05, 0) is 44.5 Å². The average molecular weight is 237 g/mol. The molecule has 0 aliphatic heterocycles. The maximum absolute atomic E-state index is 5.38. The maximum atomic E-state index is 5.38. The number of hydrogen-bond acceptors (Lipinski definition) is 3. The number of rotatable bonds is 8. The predicted molar refractivity (Wildman–Crippen MR) is 70.7 cm³/mol. The van der Waals surface area contributed by atoms with Gasteiger partial charge in [0.15, 0.2) is 0 Å². The normalized spacial score (nSPS) is 12.4. The van der Waals surface area contributed by atoms with Crippen molar-refractivity contribution in [2.75, 3.05) is 27.4 Å². The molecule has 0 spiro atoms. The van der Waals surface area contributed by atoms with Crippen LogP contribution in [-0.2, 0) is 11.2 Å². The Kier molecular flexibility index (Phi) is 6.67. The first-order chi connectivity index (χ1) is 8.30. The second kappa shape index (κ2) is 8.09. The van der Waals surface area contributed by atoms with E-state index in [0.717, 1.165) is 31.8 Å². The molecule has 0 saturated carbocycles. The van der Waals surface area contributed by atoms with Crippen molar-refractivity contribution in [3.63, 3.8) is 0 Å². The molecule has 0 radical (unpaired) electrons. The number of nitrogens with one attached hydrogen (secondary N) is 1. The van der Waals surface area contributed by atoms with Gasteiger partial charge >= 0.3 is 0 Å². The molecule has 0 aliphatic carbocycles. The van der Waals surface area contributed by atoms with Crippen LogP contribution in [0.5, 0.6) is 5.75 Å². The molecule has 0 amide bonds. The average Bonchev–Trinajstić information content (AvgIpc) is 2.38. The summed E-state index contributed by atoms with van der Waals surface area (Å²) in [5.41, 5.74) is 1.32. The van der Waals surface area contributed by atoms with Gasteiger partial charge in [0.05, 0.1) is 7.11 Å². The molecule has 1 aromatic rings. The van der Waals surface area contributed by atoms with E-state index in [0.29, 0.717) is 6.04 Å². The molecule has 0 aliphatic rings. The summed E-state index contributed by atoms with van der Waals surface area (Å²) >= 11 is 0. The fourth-order valence-electron chi connectivity index (χ4n) is 1.76. The fourth-order valence-corrected chi connectivity index (χ4v) is 1.76. The lowest BCUT2D eigenvalue weighted by Gasteiger charge is -2.16. The van der Waals surface area contributed by atoms with Crippen LogP contribution in [0.4, 0.5) is 0 Å². The first-order valence-corrected chi connectivity index (χ1v) is 6.18. The Morgan fingerprint density at radius 2 is 1.94 bits per heavy atom. The van der Waals surface area contributed by atoms with E-state index in [1.165, 1.54) is 5.56 Å². The SMILES string of the molecule is CCOCCC(Cc1ccc(OC)cc1)NC. The van der Waals surface area contributed by atoms with Crippen LogP contribution in [0.3, 0.4) is 0 Å². The highest BCUT2D eigenvalue weighted by molar-refractivity contribution is 5.27. The minimum absolute atomic E-state index is 0.468. The van der Waals surface area contributed by atoms with Crippen LogP contribution in [0, 0.1) is 0 Å². The molecule has 0 heterocycles. The zero-order valence-electron chi connectivity index (χ0n) is 11.0. The largest absolute Gasteiger partial charge is 0.497 e. The predicted octanol–water partition coefficient (Wildman–Crippen LogP) is 2.25. The lowest BCUT2D eigenvalue weighted by atomic mass is 10.0. The van der Waals surface area contributed by atoms with Crippen LogP contribution in [0.15, 0.2) is 24.3 Å². The number of benzene rings is 1. The van der Waals surface area contributed by atoms with Crippen molar-refractivity contribution in [3.8, 4) is 5.75 Å². The lowest BCUT2D eigenvalue weighted by molar-refractivity contribution is 0.137. The highest BCUT2D eigenvalue weighted by Crippen LogP contribution is 2.13. The van der Waals surface area contributed by atoms with Crippen molar-refractivity contribution >= 4 is 0 Å². The highest BCUT2D eigenvalue weighted by Gasteiger charge is 2.07. The van der Waals surface area contributed by atoms with Crippen molar-refractivity contribution in [1.29, 1.82) is 0 Å². The monoisotopic (exact) mass is 237 g/mol. The zero-order valence-corrected chi connectivity index (χ0v) is 11.0. The smallest absolute Gasteiger partial charge is 0.118 e. The molecular weight excluding hydrogens is 214 g/mol. The van der Waals surface area contributed by atoms with E-state index < -0.39 is 0 Å². The first kappa shape index (κ1) is 14.0. The van der Waals surface area contributed by atoms with Gasteiger partial charge in [-0.25, -0.2) is 0 Å². The van der Waals surface area contributed by atoms with E-state index in [1.807, 2.05) is 26.1 Å². The quantitative estimate of drug-likeness (QED) is 0.703. The molecule has 0 bridgehead atoms. The van der Waals surface area contributed by atoms with E-state index in [4.69, 9.17) is 9.47 Å². The highest BCUT2D eigenvalue weighted by atomic mass is 16.5. The van der Waals surface area contributed by atoms with Crippen LogP contribution >= 0.6 is 0 Å². The molecule has 96 valence electrons. The third-order valence-corrected chi connectivity index (χ3v) is 2.86. The summed E-state index contributed by atoms with van der Waals surface area (Å²) in [6.07, 6.45) is 2.06. The lowest BCUT2D eigenvalue weighted by Crippen LogP contribution is -2.29. The molecular formula is C14H23NO2. The van der Waals surface area contributed by atoms with Gasteiger partial charge in [-0.15, -0.1) is 0 Å². The molecule has 1 atom stereocenters. The van der Waals surface area contributed by atoms with Crippen molar-refractivity contribution in [2.24, 2.45) is 0 Å². The molecule has 0 aromatic heterocycles. The Bertz CT molecular complexity index is 298. The molecule has 1 N–H and O–H groups in total. The van der Waals surface area contributed by atoms with Gasteiger partial charge in [0.25, 0.3) is 0 Å². The standard InChI is InChI=1S/C14H23NO2/c1-4-17-10-9-13(15-2)11-12-5-7-14(16-3)8-6-12/h5-8,13,15H,4,9-11H2,1-3H3. The fraction of sp³-hybridized carbons (Fsp3) is 0.571. The van der Waals surface area contributed by atoms with Gasteiger partial charge in [-0.2, -0.15) is 0 Å². The van der Waals surface area contributed by atoms with Crippen LogP contribution < -0.4 is 10.1 Å². The number of hydrogen-bond donors (Lipinski definition) is 1. The van der Waals surface area contributed by atoms with Crippen molar-refractivity contribution in [1.82, 2.24) is 5.32 Å². The minimum atomic E-state index is 0.468. The summed E-state index contributed by atoms with van der Waals surface area (Å²) in [6, 6.07) is 8.71. The minimum Gasteiger partial charge on any atom is -0.497 e. The Labute approximate surface area is 104 Å². The maximum Gasteiger partial charge on any atom is 0.118 e. The molecule has 17 heavy (non-hydrogen) atoms. The Morgan fingerprint density at radius 1 is 1.24 bits per heavy atom. The Balaban J connectivity index is 2.43. The van der Waals surface area contributed by atoms with Crippen molar-refractivity contribution < 1.29 is 9.47 Å². The van der Waals surface area contributed by atoms with Gasteiger partial charge in [-0.3, -0.25) is 0 Å². The molecule has 3 nitrogen and oxygen atoms in total. The summed E-state index contributed by atoms with van der Waals surface area (Å²) in [6.45, 7) is 3.63. The topological polar surface area (TPSA) is 30.5 Å². The van der Waals surface area contributed by atoms with Crippen LogP contribution in [0.25, 0.3) is 0 Å². The zero-order chi connectivity index (χ0) is 12.5. The van der Waals surface area contributed by atoms with Gasteiger partial charge in [0, 0.05) is 19.3 Å². The molecule has 1 aromatic carbocycles. The molecule has 1 unspecified atom stereocenters. The third kappa shape index (κ3) is 5.20. The van der Waals surface area contributed by atoms with Crippen LogP contribution in [-0.4, -0.2) is 33.4 Å². The van der Waals surface area contributed by atoms with E-state index in [9.17, 15) is 0 Å². The number of ether oxygens (including phenoxy) is 2. The van der Waals surface area contributed by atoms with E-state index >= 15 is 0 Å². The van der Waals surface area contributed by atoms with Gasteiger partial charge in [-0.1, -0.05) is 12.1 Å². The number of methoxy groups -OCH3 is 1. The van der Waals surface area contributed by atoms with Crippen LogP contribution in [0.2, 0.25) is 0 Å². The molecule has 0 saturated heterocycles. The van der Waals surface area contributed by atoms with Gasteiger partial charge < -0.3 is 14.8 Å². The molecule has 0 fully saturated rings. The third-order valence-electron chi connectivity index (χ3n) is 2.86. The Morgan fingerprint density at radius 3 is 2.47 bits per heavy atom. The van der Waals surface area contributed by atoms with E-state index in [-0.39, 0.29) is 0 Å². The summed E-state index contributed by atoms with van der Waals surface area (Å²) < 4.78 is 10.5. The number of likely N-dealkylation sites (N-methyl/N-ethyl adjacent to an activating group) is 1. The molecule has 1 rings (SSSR count). The van der Waals surface area contributed by atoms with Gasteiger partial charge in [0.2, 0.25) is 0 Å². The second-order valence-corrected chi connectivity index (χ2v) is 4.02. The van der Waals surface area contributed by atoms with Crippen molar-refractivity contribution in [2.45, 2.75) is 25.8 Å².